The SMILES string of the molecule is O=C(CCCCCCCC(=O)Nc1ccccc1Br)Nc1ccccc1Br. The van der Waals surface area contributed by atoms with Crippen molar-refractivity contribution < 1.29 is 9.59 Å². The molecule has 6 heteroatoms. The highest BCUT2D eigenvalue weighted by Gasteiger charge is 2.06. The first kappa shape index (κ1) is 21.6. The van der Waals surface area contributed by atoms with Gasteiger partial charge in [-0.15, -0.1) is 0 Å². The van der Waals surface area contributed by atoms with Crippen LogP contribution in [0.4, 0.5) is 11.4 Å². The van der Waals surface area contributed by atoms with E-state index in [4.69, 9.17) is 0 Å². The minimum Gasteiger partial charge on any atom is -0.325 e. The Labute approximate surface area is 177 Å². The fourth-order valence-corrected chi connectivity index (χ4v) is 3.42. The smallest absolute Gasteiger partial charge is 0.224 e. The summed E-state index contributed by atoms with van der Waals surface area (Å²) in [7, 11) is 0. The molecular formula is C21H24Br2N2O2. The van der Waals surface area contributed by atoms with Crippen molar-refractivity contribution >= 4 is 55.0 Å². The van der Waals surface area contributed by atoms with E-state index in [0.29, 0.717) is 12.8 Å². The number of hydrogen-bond acceptors (Lipinski definition) is 2. The van der Waals surface area contributed by atoms with Gasteiger partial charge in [-0.1, -0.05) is 43.5 Å². The fraction of sp³-hybridized carbons (Fsp3) is 0.333. The minimum absolute atomic E-state index is 0.0368. The van der Waals surface area contributed by atoms with Crippen molar-refractivity contribution in [2.45, 2.75) is 44.9 Å². The van der Waals surface area contributed by atoms with Gasteiger partial charge in [-0.3, -0.25) is 9.59 Å². The van der Waals surface area contributed by atoms with Crippen LogP contribution in [0.3, 0.4) is 0 Å². The van der Waals surface area contributed by atoms with Crippen LogP contribution in [0.1, 0.15) is 44.9 Å². The third-order valence-electron chi connectivity index (χ3n) is 4.10. The van der Waals surface area contributed by atoms with E-state index in [1.165, 1.54) is 0 Å². The second-order valence-electron chi connectivity index (χ2n) is 6.32. The van der Waals surface area contributed by atoms with E-state index in [-0.39, 0.29) is 11.8 Å². The Bertz CT molecular complexity index is 702. The van der Waals surface area contributed by atoms with E-state index < -0.39 is 0 Å². The molecule has 2 amide bonds. The minimum atomic E-state index is 0.0368. The maximum atomic E-state index is 12.0. The molecule has 0 aromatic heterocycles. The predicted octanol–water partition coefficient (Wildman–Crippen LogP) is 6.52. The van der Waals surface area contributed by atoms with Crippen LogP contribution in [0.25, 0.3) is 0 Å². The summed E-state index contributed by atoms with van der Waals surface area (Å²) in [6.07, 6.45) is 5.78. The number of carbonyl (C=O) groups excluding carboxylic acids is 2. The highest BCUT2D eigenvalue weighted by molar-refractivity contribution is 9.11. The molecule has 0 radical (unpaired) electrons. The largest absolute Gasteiger partial charge is 0.325 e. The lowest BCUT2D eigenvalue weighted by Crippen LogP contribution is -2.11. The van der Waals surface area contributed by atoms with Crippen molar-refractivity contribution in [1.29, 1.82) is 0 Å². The van der Waals surface area contributed by atoms with E-state index >= 15 is 0 Å². The molecule has 2 aromatic carbocycles. The standard InChI is InChI=1S/C21H24Br2N2O2/c22-16-10-6-8-12-18(16)24-20(26)14-4-2-1-3-5-15-21(27)25-19-13-9-7-11-17(19)23/h6-13H,1-5,14-15H2,(H,24,26)(H,25,27). The van der Waals surface area contributed by atoms with Crippen LogP contribution in [-0.4, -0.2) is 11.8 Å². The Morgan fingerprint density at radius 3 is 1.41 bits per heavy atom. The molecule has 0 aliphatic carbocycles. The van der Waals surface area contributed by atoms with Gasteiger partial charge >= 0.3 is 0 Å². The van der Waals surface area contributed by atoms with Crippen molar-refractivity contribution in [1.82, 2.24) is 0 Å². The summed E-state index contributed by atoms with van der Waals surface area (Å²) in [6, 6.07) is 15.2. The highest BCUT2D eigenvalue weighted by Crippen LogP contribution is 2.22. The fourth-order valence-electron chi connectivity index (χ4n) is 2.65. The van der Waals surface area contributed by atoms with Crippen molar-refractivity contribution in [3.05, 3.63) is 57.5 Å². The number of hydrogen-bond donors (Lipinski definition) is 2. The lowest BCUT2D eigenvalue weighted by molar-refractivity contribution is -0.117. The average molecular weight is 496 g/mol. The number of halogens is 2. The summed E-state index contributed by atoms with van der Waals surface area (Å²) in [5.41, 5.74) is 1.61. The Balaban J connectivity index is 1.52. The van der Waals surface area contributed by atoms with Crippen molar-refractivity contribution in [3.63, 3.8) is 0 Å². The third kappa shape index (κ3) is 8.26. The van der Waals surface area contributed by atoms with E-state index in [9.17, 15) is 9.59 Å². The molecule has 0 unspecified atom stereocenters. The van der Waals surface area contributed by atoms with Gasteiger partial charge in [0.05, 0.1) is 11.4 Å². The Hall–Kier alpha value is -1.66. The van der Waals surface area contributed by atoms with Gasteiger partial charge in [-0.25, -0.2) is 0 Å². The van der Waals surface area contributed by atoms with Crippen LogP contribution in [0, 0.1) is 0 Å². The molecular weight excluding hydrogens is 472 g/mol. The molecule has 2 rings (SSSR count). The molecule has 0 bridgehead atoms. The highest BCUT2D eigenvalue weighted by atomic mass is 79.9. The summed E-state index contributed by atoms with van der Waals surface area (Å²) in [6.45, 7) is 0. The maximum absolute atomic E-state index is 12.0. The number of nitrogens with one attached hydrogen (secondary N) is 2. The number of carbonyl (C=O) groups is 2. The summed E-state index contributed by atoms with van der Waals surface area (Å²) in [5.74, 6) is 0.0735. The number of para-hydroxylation sites is 2. The van der Waals surface area contributed by atoms with Gasteiger partial charge in [0.2, 0.25) is 11.8 Å². The van der Waals surface area contributed by atoms with Gasteiger partial charge in [0, 0.05) is 21.8 Å². The molecule has 0 saturated heterocycles. The van der Waals surface area contributed by atoms with Crippen LogP contribution in [0.5, 0.6) is 0 Å². The molecule has 27 heavy (non-hydrogen) atoms. The molecule has 0 fully saturated rings. The quantitative estimate of drug-likeness (QED) is 0.368. The maximum Gasteiger partial charge on any atom is 0.224 e. The van der Waals surface area contributed by atoms with E-state index in [0.717, 1.165) is 52.4 Å². The Morgan fingerprint density at radius 2 is 1.00 bits per heavy atom. The number of benzene rings is 2. The van der Waals surface area contributed by atoms with E-state index in [1.807, 2.05) is 48.5 Å². The molecule has 0 heterocycles. The molecule has 144 valence electrons. The molecule has 2 N–H and O–H groups in total. The zero-order valence-electron chi connectivity index (χ0n) is 15.1. The molecule has 0 saturated carbocycles. The Morgan fingerprint density at radius 1 is 0.630 bits per heavy atom. The van der Waals surface area contributed by atoms with Crippen LogP contribution < -0.4 is 10.6 Å². The number of amides is 2. The van der Waals surface area contributed by atoms with E-state index in [2.05, 4.69) is 42.5 Å². The molecule has 0 aliphatic rings. The first-order chi connectivity index (χ1) is 13.1. The van der Waals surface area contributed by atoms with Gasteiger partial charge in [0.1, 0.15) is 0 Å². The number of anilines is 2. The van der Waals surface area contributed by atoms with Crippen molar-refractivity contribution in [2.24, 2.45) is 0 Å². The third-order valence-corrected chi connectivity index (χ3v) is 5.49. The van der Waals surface area contributed by atoms with Crippen molar-refractivity contribution in [2.75, 3.05) is 10.6 Å². The zero-order valence-corrected chi connectivity index (χ0v) is 18.3. The summed E-state index contributed by atoms with van der Waals surface area (Å²) >= 11 is 6.84. The van der Waals surface area contributed by atoms with Crippen LogP contribution in [0.15, 0.2) is 57.5 Å². The second kappa shape index (κ2) is 11.9. The van der Waals surface area contributed by atoms with Crippen LogP contribution in [-0.2, 0) is 9.59 Å². The van der Waals surface area contributed by atoms with Gasteiger partial charge < -0.3 is 10.6 Å². The number of unbranched alkanes of at least 4 members (excludes halogenated alkanes) is 4. The lowest BCUT2D eigenvalue weighted by atomic mass is 10.1. The molecule has 2 aromatic rings. The second-order valence-corrected chi connectivity index (χ2v) is 8.03. The molecule has 4 nitrogen and oxygen atoms in total. The van der Waals surface area contributed by atoms with Crippen LogP contribution in [0.2, 0.25) is 0 Å². The molecule has 0 atom stereocenters. The first-order valence-corrected chi connectivity index (χ1v) is 10.7. The van der Waals surface area contributed by atoms with Crippen molar-refractivity contribution in [3.8, 4) is 0 Å². The molecule has 0 aliphatic heterocycles. The van der Waals surface area contributed by atoms with E-state index in [1.54, 1.807) is 0 Å². The summed E-state index contributed by atoms with van der Waals surface area (Å²) in [5, 5.41) is 5.82. The van der Waals surface area contributed by atoms with Gasteiger partial charge in [0.25, 0.3) is 0 Å². The zero-order chi connectivity index (χ0) is 19.5. The Kier molecular flexibility index (Phi) is 9.56. The predicted molar refractivity (Wildman–Crippen MR) is 118 cm³/mol. The van der Waals surface area contributed by atoms with Gasteiger partial charge in [-0.05, 0) is 69.0 Å². The van der Waals surface area contributed by atoms with Gasteiger partial charge in [-0.2, -0.15) is 0 Å². The summed E-state index contributed by atoms with van der Waals surface area (Å²) < 4.78 is 1.78. The average Bonchev–Trinajstić information content (AvgIpc) is 2.65. The monoisotopic (exact) mass is 494 g/mol. The summed E-state index contributed by atoms with van der Waals surface area (Å²) in [4.78, 5) is 23.9. The topological polar surface area (TPSA) is 58.2 Å². The normalized spacial score (nSPS) is 10.4. The first-order valence-electron chi connectivity index (χ1n) is 9.15. The number of rotatable bonds is 10. The molecule has 0 spiro atoms. The van der Waals surface area contributed by atoms with Gasteiger partial charge in [0.15, 0.2) is 0 Å². The lowest BCUT2D eigenvalue weighted by Gasteiger charge is -2.08. The van der Waals surface area contributed by atoms with Crippen LogP contribution >= 0.6 is 31.9 Å².